The summed E-state index contributed by atoms with van der Waals surface area (Å²) in [6.45, 7) is 0. The van der Waals surface area contributed by atoms with Crippen molar-refractivity contribution in [2.75, 3.05) is 76.0 Å². The first kappa shape index (κ1) is 35.2. The molecule has 0 spiro atoms. The van der Waals surface area contributed by atoms with E-state index in [0.717, 1.165) is 45.0 Å². The van der Waals surface area contributed by atoms with Crippen molar-refractivity contribution >= 4 is 71.4 Å². The lowest BCUT2D eigenvalue weighted by molar-refractivity contribution is 1.11. The number of aromatic nitrogens is 6. The van der Waals surface area contributed by atoms with E-state index in [1.54, 1.807) is 24.8 Å². The zero-order valence-corrected chi connectivity index (χ0v) is 30.0. The van der Waals surface area contributed by atoms with Gasteiger partial charge >= 0.3 is 0 Å². The minimum atomic E-state index is 0.705. The molecule has 0 unspecified atom stereocenters. The maximum atomic E-state index is 5.23. The van der Waals surface area contributed by atoms with Gasteiger partial charge < -0.3 is 19.6 Å². The highest BCUT2D eigenvalue weighted by molar-refractivity contribution is 5.85. The summed E-state index contributed by atoms with van der Waals surface area (Å²) in [5.74, 6) is 0. The lowest BCUT2D eigenvalue weighted by Crippen LogP contribution is -2.10. The van der Waals surface area contributed by atoms with Gasteiger partial charge in [0.2, 0.25) is 0 Å². The molecule has 5 aromatic heterocycles. The predicted octanol–water partition coefficient (Wildman–Crippen LogP) is 7.00. The molecule has 0 fully saturated rings. The smallest absolute Gasteiger partial charge is 0.0894 e. The van der Waals surface area contributed by atoms with E-state index in [4.69, 9.17) is 9.97 Å². The van der Waals surface area contributed by atoms with Crippen molar-refractivity contribution in [1.82, 2.24) is 29.9 Å². The summed E-state index contributed by atoms with van der Waals surface area (Å²) >= 11 is 0. The molecule has 0 amide bonds. The molecule has 0 aliphatic rings. The minimum absolute atomic E-state index is 0.705. The van der Waals surface area contributed by atoms with Gasteiger partial charge in [-0.3, -0.25) is 19.9 Å². The summed E-state index contributed by atoms with van der Waals surface area (Å²) in [6.07, 6.45) is 30.7. The SMILES string of the molecule is CN(C)c1ccncc1/C=C/c1nc(/C=C/c2cnccc2N(C)C)c(/C=C/c2cnccc2N(C)C)nc1/C=C/c1cnccc1N(C)C. The zero-order valence-electron chi connectivity index (χ0n) is 30.0. The fourth-order valence-electron chi connectivity index (χ4n) is 5.39. The van der Waals surface area contributed by atoms with Crippen LogP contribution in [0.1, 0.15) is 45.0 Å². The highest BCUT2D eigenvalue weighted by Crippen LogP contribution is 2.26. The van der Waals surface area contributed by atoms with Crippen LogP contribution in [0, 0.1) is 0 Å². The van der Waals surface area contributed by atoms with Gasteiger partial charge in [0.05, 0.1) is 22.8 Å². The first-order valence-electron chi connectivity index (χ1n) is 16.2. The van der Waals surface area contributed by atoms with Gasteiger partial charge in [0.1, 0.15) is 0 Å². The van der Waals surface area contributed by atoms with Crippen molar-refractivity contribution in [3.05, 3.63) is 119 Å². The molecule has 0 aromatic carbocycles. The van der Waals surface area contributed by atoms with Gasteiger partial charge in [-0.05, 0) is 72.9 Å². The zero-order chi connectivity index (χ0) is 35.6. The first-order valence-corrected chi connectivity index (χ1v) is 16.2. The van der Waals surface area contributed by atoms with E-state index in [1.165, 1.54) is 0 Å². The molecule has 0 bridgehead atoms. The van der Waals surface area contributed by atoms with E-state index in [9.17, 15) is 0 Å². The molecule has 5 rings (SSSR count). The number of rotatable bonds is 12. The molecule has 0 saturated carbocycles. The Hall–Kier alpha value is -6.16. The molecule has 5 aromatic rings. The van der Waals surface area contributed by atoms with Gasteiger partial charge in [0, 0.05) is 151 Å². The Morgan fingerprint density at radius 2 is 0.560 bits per heavy atom. The molecule has 0 saturated heterocycles. The van der Waals surface area contributed by atoms with E-state index >= 15 is 0 Å². The van der Waals surface area contributed by atoms with Crippen LogP contribution < -0.4 is 19.6 Å². The summed E-state index contributed by atoms with van der Waals surface area (Å²) in [5.41, 5.74) is 10.9. The highest BCUT2D eigenvalue weighted by Gasteiger charge is 2.11. The van der Waals surface area contributed by atoms with Gasteiger partial charge in [-0.15, -0.1) is 0 Å². The Balaban J connectivity index is 1.71. The summed E-state index contributed by atoms with van der Waals surface area (Å²) in [6, 6.07) is 7.98. The average molecular weight is 665 g/mol. The Morgan fingerprint density at radius 1 is 0.340 bits per heavy atom. The first-order chi connectivity index (χ1) is 24.1. The number of hydrogen-bond donors (Lipinski definition) is 0. The van der Waals surface area contributed by atoms with E-state index in [1.807, 2.05) is 154 Å². The Bertz CT molecular complexity index is 1750. The third-order valence-electron chi connectivity index (χ3n) is 7.93. The topological polar surface area (TPSA) is 90.3 Å². The van der Waals surface area contributed by atoms with E-state index in [2.05, 4.69) is 39.5 Å². The van der Waals surface area contributed by atoms with Crippen molar-refractivity contribution < 1.29 is 0 Å². The van der Waals surface area contributed by atoms with Crippen molar-refractivity contribution in [2.24, 2.45) is 0 Å². The van der Waals surface area contributed by atoms with Crippen LogP contribution in [-0.2, 0) is 0 Å². The molecule has 0 radical (unpaired) electrons. The average Bonchev–Trinajstić information content (AvgIpc) is 3.12. The fraction of sp³-hybridized carbons (Fsp3) is 0.200. The second kappa shape index (κ2) is 16.3. The van der Waals surface area contributed by atoms with Crippen LogP contribution in [0.15, 0.2) is 73.8 Å². The second-order valence-corrected chi connectivity index (χ2v) is 12.4. The monoisotopic (exact) mass is 664 g/mol. The summed E-state index contributed by atoms with van der Waals surface area (Å²) in [7, 11) is 16.2. The number of anilines is 4. The number of pyridine rings is 4. The van der Waals surface area contributed by atoms with Crippen LogP contribution in [0.4, 0.5) is 22.7 Å². The molecule has 0 aliphatic carbocycles. The molecule has 10 heteroatoms. The summed E-state index contributed by atoms with van der Waals surface area (Å²) in [5, 5.41) is 0. The number of nitrogens with zero attached hydrogens (tertiary/aromatic N) is 10. The molecule has 5 heterocycles. The molecule has 0 N–H and O–H groups in total. The molecular weight excluding hydrogens is 621 g/mol. The Kier molecular flexibility index (Phi) is 11.5. The normalized spacial score (nSPS) is 11.7. The standard InChI is InChI=1S/C40H44N10/c1-47(2)37-17-21-41-25-29(37)9-13-33-34(14-10-30-26-42-22-18-38(30)48(3)4)46-36(16-12-32-28-44-24-20-40(32)50(7)8)35(45-33)15-11-31-27-43-23-19-39(31)49(5)6/h9-28H,1-8H3/b13-9+,14-10+,15-11+,16-12+. The number of hydrogen-bond acceptors (Lipinski definition) is 10. The summed E-state index contributed by atoms with van der Waals surface area (Å²) in [4.78, 5) is 36.2. The van der Waals surface area contributed by atoms with Gasteiger partial charge in [-0.1, -0.05) is 0 Å². The maximum Gasteiger partial charge on any atom is 0.0894 e. The van der Waals surface area contributed by atoms with Crippen LogP contribution in [0.2, 0.25) is 0 Å². The Labute approximate surface area is 295 Å². The van der Waals surface area contributed by atoms with Gasteiger partial charge in [0.25, 0.3) is 0 Å². The van der Waals surface area contributed by atoms with Gasteiger partial charge in [-0.25, -0.2) is 9.97 Å². The largest absolute Gasteiger partial charge is 0.377 e. The van der Waals surface area contributed by atoms with Crippen LogP contribution >= 0.6 is 0 Å². The molecule has 254 valence electrons. The lowest BCUT2D eigenvalue weighted by atomic mass is 10.1. The molecule has 0 atom stereocenters. The van der Waals surface area contributed by atoms with Crippen molar-refractivity contribution in [1.29, 1.82) is 0 Å². The maximum absolute atomic E-state index is 5.23. The molecule has 50 heavy (non-hydrogen) atoms. The predicted molar refractivity (Wildman–Crippen MR) is 212 cm³/mol. The van der Waals surface area contributed by atoms with Gasteiger partial charge in [0.15, 0.2) is 0 Å². The van der Waals surface area contributed by atoms with Crippen molar-refractivity contribution in [3.8, 4) is 0 Å². The van der Waals surface area contributed by atoms with E-state index in [-0.39, 0.29) is 0 Å². The quantitative estimate of drug-likeness (QED) is 0.139. The fourth-order valence-corrected chi connectivity index (χ4v) is 5.39. The molecule has 0 aliphatic heterocycles. The van der Waals surface area contributed by atoms with Crippen LogP contribution in [0.3, 0.4) is 0 Å². The third kappa shape index (κ3) is 8.65. The van der Waals surface area contributed by atoms with Crippen LogP contribution in [0.5, 0.6) is 0 Å². The third-order valence-corrected chi connectivity index (χ3v) is 7.93. The molecular formula is C40H44N10. The van der Waals surface area contributed by atoms with Crippen molar-refractivity contribution in [2.45, 2.75) is 0 Å². The summed E-state index contributed by atoms with van der Waals surface area (Å²) < 4.78 is 0. The van der Waals surface area contributed by atoms with Crippen molar-refractivity contribution in [3.63, 3.8) is 0 Å². The van der Waals surface area contributed by atoms with E-state index in [0.29, 0.717) is 22.8 Å². The minimum Gasteiger partial charge on any atom is -0.377 e. The lowest BCUT2D eigenvalue weighted by Gasteiger charge is -2.16. The van der Waals surface area contributed by atoms with E-state index < -0.39 is 0 Å². The van der Waals surface area contributed by atoms with Crippen LogP contribution in [-0.4, -0.2) is 86.3 Å². The van der Waals surface area contributed by atoms with Crippen LogP contribution in [0.25, 0.3) is 48.6 Å². The molecule has 10 nitrogen and oxygen atoms in total. The second-order valence-electron chi connectivity index (χ2n) is 12.4. The Morgan fingerprint density at radius 3 is 0.760 bits per heavy atom. The highest BCUT2D eigenvalue weighted by atomic mass is 15.1. The van der Waals surface area contributed by atoms with Gasteiger partial charge in [-0.2, -0.15) is 0 Å².